The van der Waals surface area contributed by atoms with Gasteiger partial charge in [0.1, 0.15) is 0 Å². The number of aryl methyl sites for hydroxylation is 3. The zero-order valence-corrected chi connectivity index (χ0v) is 36.3. The molecule has 0 fully saturated rings. The van der Waals surface area contributed by atoms with Crippen molar-refractivity contribution in [3.8, 4) is 33.4 Å². The van der Waals surface area contributed by atoms with Gasteiger partial charge in [0.2, 0.25) is 0 Å². The molecule has 6 heterocycles. The van der Waals surface area contributed by atoms with Gasteiger partial charge in [-0.3, -0.25) is 0 Å². The first-order valence-corrected chi connectivity index (χ1v) is 23.2. The molecule has 8 aromatic carbocycles. The van der Waals surface area contributed by atoms with Crippen molar-refractivity contribution >= 4 is 103 Å². The normalized spacial score (nSPS) is 13.7. The van der Waals surface area contributed by atoms with Crippen molar-refractivity contribution in [3.63, 3.8) is 0 Å². The molecule has 0 spiro atoms. The van der Waals surface area contributed by atoms with Crippen LogP contribution in [0.1, 0.15) is 16.7 Å². The van der Waals surface area contributed by atoms with Crippen LogP contribution < -0.4 is 31.7 Å². The fraction of sp³-hybridized carbons (Fsp3) is 0.0714. The fourth-order valence-electron chi connectivity index (χ4n) is 12.2. The third-order valence-corrected chi connectivity index (χ3v) is 15.2. The second kappa shape index (κ2) is 12.7. The third kappa shape index (κ3) is 4.60. The Hall–Kier alpha value is -7.08. The minimum absolute atomic E-state index is 0.0515. The van der Waals surface area contributed by atoms with Gasteiger partial charge in [0.15, 0.2) is 0 Å². The molecule has 296 valence electrons. The zero-order valence-electron chi connectivity index (χ0n) is 35.5. The Balaban J connectivity index is 1.23. The number of nitrogens with zero attached hydrogens (tertiary/aromatic N) is 4. The second-order valence-electron chi connectivity index (χ2n) is 17.8. The lowest BCUT2D eigenvalue weighted by atomic mass is 9.40. The lowest BCUT2D eigenvalue weighted by Crippen LogP contribution is -2.61. The van der Waals surface area contributed by atoms with Crippen molar-refractivity contribution in [3.05, 3.63) is 187 Å². The molecule has 63 heavy (non-hydrogen) atoms. The third-order valence-electron chi connectivity index (χ3n) is 14.4. The summed E-state index contributed by atoms with van der Waals surface area (Å²) >= 11 is 1.81. The van der Waals surface area contributed by atoms with Gasteiger partial charge in [0.25, 0.3) is 0 Å². The Morgan fingerprint density at radius 1 is 0.460 bits per heavy atom. The van der Waals surface area contributed by atoms with E-state index in [-0.39, 0.29) is 13.7 Å². The number of rotatable bonds is 4. The highest BCUT2D eigenvalue weighted by molar-refractivity contribution is 7.98. The van der Waals surface area contributed by atoms with E-state index in [1.807, 2.05) is 11.8 Å². The lowest BCUT2D eigenvalue weighted by molar-refractivity contribution is 1.19. The van der Waals surface area contributed by atoms with Gasteiger partial charge in [-0.2, -0.15) is 0 Å². The van der Waals surface area contributed by atoms with E-state index in [9.17, 15) is 0 Å². The van der Waals surface area contributed by atoms with Crippen molar-refractivity contribution in [2.45, 2.75) is 25.7 Å². The average molecular weight is 823 g/mol. The van der Waals surface area contributed by atoms with Crippen molar-refractivity contribution in [2.24, 2.45) is 0 Å². The molecule has 4 nitrogen and oxygen atoms in total. The Bertz CT molecular complexity index is 3600. The summed E-state index contributed by atoms with van der Waals surface area (Å²) in [5.41, 5.74) is 26.9. The Morgan fingerprint density at radius 2 is 0.968 bits per heavy atom. The fourth-order valence-corrected chi connectivity index (χ4v) is 12.7. The first kappa shape index (κ1) is 35.5. The molecule has 10 aromatic rings. The Morgan fingerprint density at radius 3 is 1.49 bits per heavy atom. The molecular formula is C56H40B2N4S. The molecule has 0 unspecified atom stereocenters. The smallest absolute Gasteiger partial charge is 0.332 e. The molecule has 0 atom stereocenters. The highest BCUT2D eigenvalue weighted by atomic mass is 32.2. The Labute approximate surface area is 372 Å². The molecular weight excluding hydrogens is 782 g/mol. The van der Waals surface area contributed by atoms with Crippen LogP contribution in [0.4, 0.5) is 34.1 Å². The van der Waals surface area contributed by atoms with Gasteiger partial charge in [-0.1, -0.05) is 109 Å². The molecule has 0 bridgehead atoms. The number of anilines is 6. The van der Waals surface area contributed by atoms with Crippen LogP contribution in [0.2, 0.25) is 0 Å². The molecule has 0 radical (unpaired) electrons. The minimum atomic E-state index is -0.0731. The number of fused-ring (bicyclic) bond motifs is 10. The predicted octanol–water partition coefficient (Wildman–Crippen LogP) is 11.7. The molecule has 14 rings (SSSR count). The van der Waals surface area contributed by atoms with Crippen LogP contribution >= 0.6 is 11.8 Å². The molecule has 4 aliphatic rings. The van der Waals surface area contributed by atoms with Gasteiger partial charge in [-0.05, 0) is 160 Å². The number of para-hydroxylation sites is 4. The van der Waals surface area contributed by atoms with Crippen LogP contribution in [0.25, 0.3) is 55.2 Å². The van der Waals surface area contributed by atoms with E-state index in [1.54, 1.807) is 0 Å². The first-order chi connectivity index (χ1) is 31.0. The maximum absolute atomic E-state index is 2.64. The van der Waals surface area contributed by atoms with Gasteiger partial charge >= 0.3 is 13.7 Å². The minimum Gasteiger partial charge on any atom is -0.382 e. The number of hydrogen-bond donors (Lipinski definition) is 0. The first-order valence-electron chi connectivity index (χ1n) is 22.0. The van der Waals surface area contributed by atoms with Crippen LogP contribution in [0.3, 0.4) is 0 Å². The van der Waals surface area contributed by atoms with Gasteiger partial charge in [0, 0.05) is 49.8 Å². The van der Waals surface area contributed by atoms with E-state index in [4.69, 9.17) is 0 Å². The molecule has 0 N–H and O–H groups in total. The molecule has 7 heteroatoms. The number of benzene rings is 8. The van der Waals surface area contributed by atoms with E-state index in [2.05, 4.69) is 216 Å². The van der Waals surface area contributed by atoms with Crippen molar-refractivity contribution in [1.82, 2.24) is 8.96 Å². The monoisotopic (exact) mass is 822 g/mol. The number of hydrogen-bond acceptors (Lipinski definition) is 3. The van der Waals surface area contributed by atoms with E-state index in [1.165, 1.54) is 121 Å². The number of aromatic nitrogens is 2. The van der Waals surface area contributed by atoms with Crippen LogP contribution in [0.5, 0.6) is 0 Å². The standard InChI is InChI=1S/C56H40B2N4S/c1-33-29-34(2)48(35(3)30-33)38-21-23-44-46(31-38)61(39-15-7-5-8-16-39)55-51-49(42-19-11-13-36-25-27-59(53(36)42)57(44)51)50-43-20-12-14-37-26-28-60(54(37)43)58-45-24-22-41(63-4)32-47(45)62(56(55)52(50)58)40-17-9-6-10-18-40/h5-32H,1-4H3. The summed E-state index contributed by atoms with van der Waals surface area (Å²) < 4.78 is 5.18. The van der Waals surface area contributed by atoms with E-state index < -0.39 is 0 Å². The van der Waals surface area contributed by atoms with Crippen LogP contribution in [-0.2, 0) is 0 Å². The largest absolute Gasteiger partial charge is 0.382 e. The summed E-state index contributed by atoms with van der Waals surface area (Å²) in [7, 11) is 0. The van der Waals surface area contributed by atoms with Crippen molar-refractivity contribution in [2.75, 3.05) is 16.1 Å². The molecule has 4 aliphatic heterocycles. The number of thioether (sulfide) groups is 1. The summed E-state index contributed by atoms with van der Waals surface area (Å²) in [6.45, 7) is 6.62. The van der Waals surface area contributed by atoms with E-state index >= 15 is 0 Å². The summed E-state index contributed by atoms with van der Waals surface area (Å²) in [4.78, 5) is 6.51. The molecule has 0 amide bonds. The maximum atomic E-state index is 2.64. The molecule has 2 aromatic heterocycles. The summed E-state index contributed by atoms with van der Waals surface area (Å²) in [5.74, 6) is 0. The van der Waals surface area contributed by atoms with Crippen molar-refractivity contribution < 1.29 is 0 Å². The summed E-state index contributed by atoms with van der Waals surface area (Å²) in [6.07, 6.45) is 6.89. The summed E-state index contributed by atoms with van der Waals surface area (Å²) in [6, 6.07) is 60.0. The van der Waals surface area contributed by atoms with Gasteiger partial charge in [0.05, 0.1) is 11.4 Å². The van der Waals surface area contributed by atoms with Crippen LogP contribution in [0, 0.1) is 20.8 Å². The Kier molecular flexibility index (Phi) is 7.18. The van der Waals surface area contributed by atoms with Crippen molar-refractivity contribution in [1.29, 1.82) is 0 Å². The second-order valence-corrected chi connectivity index (χ2v) is 18.7. The topological polar surface area (TPSA) is 16.3 Å². The highest BCUT2D eigenvalue weighted by Gasteiger charge is 2.51. The zero-order chi connectivity index (χ0) is 41.8. The quantitative estimate of drug-likeness (QED) is 0.130. The highest BCUT2D eigenvalue weighted by Crippen LogP contribution is 2.55. The predicted molar refractivity (Wildman–Crippen MR) is 270 cm³/mol. The van der Waals surface area contributed by atoms with Crippen LogP contribution in [0.15, 0.2) is 175 Å². The SMILES string of the molecule is CSc1ccc2c(c1)N(c1ccccc1)c1c3c(c4c5c1N(c1ccccc1)c1cc(-c6c(C)cc(C)cc6C)ccc1B5n1ccc5cccc-4c51)-c1cccc4ccn(c14)B23. The average Bonchev–Trinajstić information content (AvgIpc) is 3.95. The lowest BCUT2D eigenvalue weighted by Gasteiger charge is -2.48. The summed E-state index contributed by atoms with van der Waals surface area (Å²) in [5, 5.41) is 2.55. The van der Waals surface area contributed by atoms with E-state index in [0.29, 0.717) is 0 Å². The molecule has 0 aliphatic carbocycles. The van der Waals surface area contributed by atoms with Gasteiger partial charge in [-0.15, -0.1) is 11.8 Å². The van der Waals surface area contributed by atoms with Gasteiger partial charge < -0.3 is 18.8 Å². The van der Waals surface area contributed by atoms with E-state index in [0.717, 1.165) is 11.4 Å². The van der Waals surface area contributed by atoms with Crippen LogP contribution in [-0.4, -0.2) is 28.9 Å². The van der Waals surface area contributed by atoms with Gasteiger partial charge in [-0.25, -0.2) is 0 Å². The molecule has 0 saturated carbocycles. The maximum Gasteiger partial charge on any atom is 0.332 e. The molecule has 0 saturated heterocycles.